The molecule has 1 aromatic heterocycles. The Kier molecular flexibility index (Phi) is 4.95. The maximum absolute atomic E-state index is 11.3. The van der Waals surface area contributed by atoms with Crippen molar-refractivity contribution in [2.24, 2.45) is 0 Å². The molecule has 1 rings (SSSR count). The Morgan fingerprint density at radius 1 is 1.56 bits per heavy atom. The number of aliphatic carboxylic acids is 1. The molecule has 0 spiro atoms. The van der Waals surface area contributed by atoms with Gasteiger partial charge in [-0.05, 0) is 28.4 Å². The zero-order chi connectivity index (χ0) is 12.1. The Balaban J connectivity index is 2.37. The van der Waals surface area contributed by atoms with Gasteiger partial charge in [0, 0.05) is 28.3 Å². The number of rotatable bonds is 5. The number of amides is 1. The third-order valence-electron chi connectivity index (χ3n) is 2.04. The lowest BCUT2D eigenvalue weighted by atomic mass is 10.3. The average Bonchev–Trinajstić information content (AvgIpc) is 2.59. The summed E-state index contributed by atoms with van der Waals surface area (Å²) >= 11 is 4.97. The molecule has 0 aliphatic carbocycles. The van der Waals surface area contributed by atoms with Crippen molar-refractivity contribution < 1.29 is 14.7 Å². The average molecular weight is 306 g/mol. The SMILES string of the molecule is CN(CCc1cc(Br)cs1)C(=O)CC(=O)O. The molecule has 0 aliphatic rings. The van der Waals surface area contributed by atoms with E-state index in [9.17, 15) is 9.59 Å². The molecule has 16 heavy (non-hydrogen) atoms. The van der Waals surface area contributed by atoms with Crippen molar-refractivity contribution in [3.8, 4) is 0 Å². The van der Waals surface area contributed by atoms with Gasteiger partial charge in [0.15, 0.2) is 0 Å². The Hall–Kier alpha value is -0.880. The highest BCUT2D eigenvalue weighted by molar-refractivity contribution is 9.10. The van der Waals surface area contributed by atoms with E-state index in [1.807, 2.05) is 11.4 Å². The molecule has 0 radical (unpaired) electrons. The fourth-order valence-electron chi connectivity index (χ4n) is 1.15. The number of carbonyl (C=O) groups is 2. The summed E-state index contributed by atoms with van der Waals surface area (Å²) in [6, 6.07) is 2.00. The normalized spacial score (nSPS) is 10.1. The fraction of sp³-hybridized carbons (Fsp3) is 0.400. The minimum absolute atomic E-state index is 0.358. The molecule has 1 N–H and O–H groups in total. The molecule has 0 bridgehead atoms. The molecular formula is C10H12BrNO3S. The number of carboxylic acid groups (broad SMARTS) is 1. The lowest BCUT2D eigenvalue weighted by Gasteiger charge is -2.15. The standard InChI is InChI=1S/C10H12BrNO3S/c1-12(9(13)5-10(14)15)3-2-8-4-7(11)6-16-8/h4,6H,2-3,5H2,1H3,(H,14,15). The van der Waals surface area contributed by atoms with Crippen LogP contribution in [0.3, 0.4) is 0 Å². The molecule has 4 nitrogen and oxygen atoms in total. The number of likely N-dealkylation sites (N-methyl/N-ethyl adjacent to an activating group) is 1. The van der Waals surface area contributed by atoms with Gasteiger partial charge in [0.1, 0.15) is 6.42 Å². The van der Waals surface area contributed by atoms with E-state index in [0.717, 1.165) is 10.9 Å². The first-order chi connectivity index (χ1) is 7.49. The zero-order valence-corrected chi connectivity index (χ0v) is 11.2. The lowest BCUT2D eigenvalue weighted by molar-refractivity contribution is -0.143. The van der Waals surface area contributed by atoms with Crippen LogP contribution in [0.4, 0.5) is 0 Å². The van der Waals surface area contributed by atoms with Crippen LogP contribution in [0, 0.1) is 0 Å². The second kappa shape index (κ2) is 6.00. The van der Waals surface area contributed by atoms with Crippen molar-refractivity contribution in [3.63, 3.8) is 0 Å². The first kappa shape index (κ1) is 13.2. The van der Waals surface area contributed by atoms with Gasteiger partial charge in [0.25, 0.3) is 0 Å². The first-order valence-electron chi connectivity index (χ1n) is 4.67. The third-order valence-corrected chi connectivity index (χ3v) is 3.80. The molecule has 0 aromatic carbocycles. The van der Waals surface area contributed by atoms with E-state index in [4.69, 9.17) is 5.11 Å². The van der Waals surface area contributed by atoms with Crippen LogP contribution >= 0.6 is 27.3 Å². The van der Waals surface area contributed by atoms with Crippen LogP contribution in [-0.2, 0) is 16.0 Å². The van der Waals surface area contributed by atoms with Crippen LogP contribution < -0.4 is 0 Å². The van der Waals surface area contributed by atoms with E-state index >= 15 is 0 Å². The van der Waals surface area contributed by atoms with Gasteiger partial charge >= 0.3 is 5.97 Å². The van der Waals surface area contributed by atoms with Crippen molar-refractivity contribution in [1.29, 1.82) is 0 Å². The van der Waals surface area contributed by atoms with Crippen LogP contribution in [0.15, 0.2) is 15.9 Å². The lowest BCUT2D eigenvalue weighted by Crippen LogP contribution is -2.30. The molecule has 0 atom stereocenters. The Labute approximate surface area is 106 Å². The van der Waals surface area contributed by atoms with Crippen LogP contribution in [0.5, 0.6) is 0 Å². The molecule has 6 heteroatoms. The highest BCUT2D eigenvalue weighted by Crippen LogP contribution is 2.20. The summed E-state index contributed by atoms with van der Waals surface area (Å²) in [4.78, 5) is 24.3. The molecule has 1 aromatic rings. The Bertz CT molecular complexity index is 391. The highest BCUT2D eigenvalue weighted by atomic mass is 79.9. The number of hydrogen-bond donors (Lipinski definition) is 1. The van der Waals surface area contributed by atoms with Crippen LogP contribution in [0.1, 0.15) is 11.3 Å². The Morgan fingerprint density at radius 2 is 2.25 bits per heavy atom. The first-order valence-corrected chi connectivity index (χ1v) is 6.35. The second-order valence-electron chi connectivity index (χ2n) is 3.37. The van der Waals surface area contributed by atoms with Crippen LogP contribution in [0.25, 0.3) is 0 Å². The van der Waals surface area contributed by atoms with Gasteiger partial charge in [-0.3, -0.25) is 9.59 Å². The minimum atomic E-state index is -1.09. The maximum atomic E-state index is 11.3. The smallest absolute Gasteiger partial charge is 0.312 e. The van der Waals surface area contributed by atoms with E-state index < -0.39 is 12.4 Å². The summed E-state index contributed by atoms with van der Waals surface area (Å²) < 4.78 is 1.03. The maximum Gasteiger partial charge on any atom is 0.312 e. The van der Waals surface area contributed by atoms with Crippen molar-refractivity contribution in [1.82, 2.24) is 4.90 Å². The van der Waals surface area contributed by atoms with E-state index in [1.165, 1.54) is 9.78 Å². The van der Waals surface area contributed by atoms with Crippen LogP contribution in [0.2, 0.25) is 0 Å². The van der Waals surface area contributed by atoms with E-state index in [1.54, 1.807) is 18.4 Å². The number of nitrogens with zero attached hydrogens (tertiary/aromatic N) is 1. The van der Waals surface area contributed by atoms with E-state index in [0.29, 0.717) is 6.54 Å². The largest absolute Gasteiger partial charge is 0.481 e. The van der Waals surface area contributed by atoms with Gasteiger partial charge in [0.2, 0.25) is 5.91 Å². The van der Waals surface area contributed by atoms with Crippen molar-refractivity contribution in [3.05, 3.63) is 20.8 Å². The summed E-state index contributed by atoms with van der Waals surface area (Å²) in [6.45, 7) is 0.541. The number of hydrogen-bond acceptors (Lipinski definition) is 3. The summed E-state index contributed by atoms with van der Waals surface area (Å²) in [5.41, 5.74) is 0. The summed E-state index contributed by atoms with van der Waals surface area (Å²) in [5, 5.41) is 10.5. The predicted molar refractivity (Wildman–Crippen MR) is 65.6 cm³/mol. The monoisotopic (exact) mass is 305 g/mol. The van der Waals surface area contributed by atoms with Crippen molar-refractivity contribution in [2.75, 3.05) is 13.6 Å². The molecule has 0 unspecified atom stereocenters. The molecule has 0 saturated carbocycles. The molecule has 1 amide bonds. The highest BCUT2D eigenvalue weighted by Gasteiger charge is 2.12. The molecular weight excluding hydrogens is 294 g/mol. The molecule has 0 aliphatic heterocycles. The summed E-state index contributed by atoms with van der Waals surface area (Å²) in [5.74, 6) is -1.45. The zero-order valence-electron chi connectivity index (χ0n) is 8.77. The Morgan fingerprint density at radius 3 is 2.75 bits per heavy atom. The van der Waals surface area contributed by atoms with Gasteiger partial charge in [-0.2, -0.15) is 0 Å². The predicted octanol–water partition coefficient (Wildman–Crippen LogP) is 1.99. The number of carboxylic acids is 1. The van der Waals surface area contributed by atoms with Gasteiger partial charge in [0.05, 0.1) is 0 Å². The third kappa shape index (κ3) is 4.32. The fourth-order valence-corrected chi connectivity index (χ4v) is 2.60. The molecule has 0 saturated heterocycles. The molecule has 88 valence electrons. The topological polar surface area (TPSA) is 57.6 Å². The molecule has 1 heterocycles. The number of halogens is 1. The van der Waals surface area contributed by atoms with E-state index in [2.05, 4.69) is 15.9 Å². The minimum Gasteiger partial charge on any atom is -0.481 e. The van der Waals surface area contributed by atoms with Gasteiger partial charge in [-0.15, -0.1) is 11.3 Å². The summed E-state index contributed by atoms with van der Waals surface area (Å²) in [6.07, 6.45) is 0.308. The van der Waals surface area contributed by atoms with Crippen molar-refractivity contribution in [2.45, 2.75) is 12.8 Å². The summed E-state index contributed by atoms with van der Waals surface area (Å²) in [7, 11) is 1.62. The number of carbonyl (C=O) groups excluding carboxylic acids is 1. The van der Waals surface area contributed by atoms with Gasteiger partial charge < -0.3 is 10.0 Å². The van der Waals surface area contributed by atoms with Gasteiger partial charge in [-0.1, -0.05) is 0 Å². The second-order valence-corrected chi connectivity index (χ2v) is 5.28. The van der Waals surface area contributed by atoms with Crippen molar-refractivity contribution >= 4 is 39.1 Å². The quantitative estimate of drug-likeness (QED) is 0.846. The van der Waals surface area contributed by atoms with Crippen LogP contribution in [-0.4, -0.2) is 35.5 Å². The number of thiophene rings is 1. The van der Waals surface area contributed by atoms with E-state index in [-0.39, 0.29) is 5.91 Å². The molecule has 0 fully saturated rings. The van der Waals surface area contributed by atoms with Gasteiger partial charge in [-0.25, -0.2) is 0 Å².